The van der Waals surface area contributed by atoms with Crippen LogP contribution >= 0.6 is 11.3 Å². The lowest BCUT2D eigenvalue weighted by Crippen LogP contribution is -2.05. The standard InChI is InChI=1S/C13H10N2O3S/c1-8-6-10(15-18-8)13(16)17-7-12-14-9-4-2-3-5-11(9)19-12/h2-6H,7H2,1H3. The third-order valence-electron chi connectivity index (χ3n) is 2.50. The molecule has 5 nitrogen and oxygen atoms in total. The van der Waals surface area contributed by atoms with Gasteiger partial charge in [0.05, 0.1) is 10.2 Å². The second kappa shape index (κ2) is 4.81. The van der Waals surface area contributed by atoms with E-state index in [4.69, 9.17) is 9.26 Å². The maximum atomic E-state index is 11.7. The van der Waals surface area contributed by atoms with E-state index in [0.717, 1.165) is 15.2 Å². The van der Waals surface area contributed by atoms with Crippen LogP contribution in [0.1, 0.15) is 21.3 Å². The summed E-state index contributed by atoms with van der Waals surface area (Å²) in [6, 6.07) is 9.34. The van der Waals surface area contributed by atoms with Crippen molar-refractivity contribution in [3.8, 4) is 0 Å². The van der Waals surface area contributed by atoms with Gasteiger partial charge >= 0.3 is 5.97 Å². The molecule has 2 aromatic heterocycles. The first-order chi connectivity index (χ1) is 9.22. The molecule has 0 radical (unpaired) electrons. The number of aryl methyl sites for hydroxylation is 1. The average molecular weight is 274 g/mol. The Morgan fingerprint density at radius 3 is 3.00 bits per heavy atom. The fourth-order valence-electron chi connectivity index (χ4n) is 1.65. The average Bonchev–Trinajstić information content (AvgIpc) is 3.01. The Hall–Kier alpha value is -2.21. The second-order valence-corrected chi connectivity index (χ2v) is 5.09. The molecule has 3 aromatic rings. The molecule has 0 atom stereocenters. The molecule has 6 heteroatoms. The Balaban J connectivity index is 1.70. The topological polar surface area (TPSA) is 65.2 Å². The number of para-hydroxylation sites is 1. The van der Waals surface area contributed by atoms with E-state index < -0.39 is 5.97 Å². The number of carbonyl (C=O) groups is 1. The first kappa shape index (κ1) is 11.9. The first-order valence-electron chi connectivity index (χ1n) is 5.67. The number of hydrogen-bond acceptors (Lipinski definition) is 6. The number of nitrogens with zero attached hydrogens (tertiary/aromatic N) is 2. The first-order valence-corrected chi connectivity index (χ1v) is 6.49. The Bertz CT molecular complexity index is 699. The van der Waals surface area contributed by atoms with Crippen molar-refractivity contribution in [3.63, 3.8) is 0 Å². The van der Waals surface area contributed by atoms with E-state index in [9.17, 15) is 4.79 Å². The lowest BCUT2D eigenvalue weighted by molar-refractivity contribution is 0.0460. The van der Waals surface area contributed by atoms with Crippen LogP contribution < -0.4 is 0 Å². The van der Waals surface area contributed by atoms with E-state index >= 15 is 0 Å². The summed E-state index contributed by atoms with van der Waals surface area (Å²) in [5, 5.41) is 4.36. The zero-order valence-electron chi connectivity index (χ0n) is 10.1. The van der Waals surface area contributed by atoms with Crippen molar-refractivity contribution in [1.29, 1.82) is 0 Å². The predicted octanol–water partition coefficient (Wildman–Crippen LogP) is 2.95. The van der Waals surface area contributed by atoms with Gasteiger partial charge in [-0.3, -0.25) is 0 Å². The van der Waals surface area contributed by atoms with Crippen molar-refractivity contribution >= 4 is 27.5 Å². The Morgan fingerprint density at radius 2 is 2.26 bits per heavy atom. The summed E-state index contributed by atoms with van der Waals surface area (Å²) in [6.45, 7) is 1.86. The zero-order valence-corrected chi connectivity index (χ0v) is 10.9. The van der Waals surface area contributed by atoms with Gasteiger partial charge in [-0.05, 0) is 19.1 Å². The second-order valence-electron chi connectivity index (χ2n) is 3.97. The number of fused-ring (bicyclic) bond motifs is 1. The van der Waals surface area contributed by atoms with E-state index in [0.29, 0.717) is 5.76 Å². The highest BCUT2D eigenvalue weighted by atomic mass is 32.1. The molecule has 0 N–H and O–H groups in total. The Kier molecular flexibility index (Phi) is 3.00. The van der Waals surface area contributed by atoms with Gasteiger partial charge in [0.15, 0.2) is 5.69 Å². The van der Waals surface area contributed by atoms with E-state index in [1.54, 1.807) is 13.0 Å². The van der Waals surface area contributed by atoms with Gasteiger partial charge < -0.3 is 9.26 Å². The normalized spacial score (nSPS) is 10.8. The molecule has 19 heavy (non-hydrogen) atoms. The predicted molar refractivity (Wildman–Crippen MR) is 70.0 cm³/mol. The summed E-state index contributed by atoms with van der Waals surface area (Å²) >= 11 is 1.51. The number of aromatic nitrogens is 2. The fourth-order valence-corrected chi connectivity index (χ4v) is 2.53. The monoisotopic (exact) mass is 274 g/mol. The van der Waals surface area contributed by atoms with Crippen molar-refractivity contribution < 1.29 is 14.1 Å². The van der Waals surface area contributed by atoms with E-state index in [-0.39, 0.29) is 12.3 Å². The molecular formula is C13H10N2O3S. The summed E-state index contributed by atoms with van der Waals surface area (Å²) in [5.74, 6) is 0.0723. The molecule has 1 aromatic carbocycles. The third-order valence-corrected chi connectivity index (χ3v) is 3.51. The van der Waals surface area contributed by atoms with Crippen LogP contribution in [-0.4, -0.2) is 16.1 Å². The molecule has 0 fully saturated rings. The molecular weight excluding hydrogens is 264 g/mol. The van der Waals surface area contributed by atoms with Crippen molar-refractivity contribution in [3.05, 3.63) is 46.8 Å². The summed E-state index contributed by atoms with van der Waals surface area (Å²) in [4.78, 5) is 16.1. The number of rotatable bonds is 3. The van der Waals surface area contributed by atoms with Crippen LogP contribution in [0.4, 0.5) is 0 Å². The molecule has 0 saturated carbocycles. The van der Waals surface area contributed by atoms with Gasteiger partial charge in [-0.2, -0.15) is 0 Å². The molecule has 0 amide bonds. The van der Waals surface area contributed by atoms with Gasteiger partial charge in [-0.1, -0.05) is 17.3 Å². The molecule has 2 heterocycles. The van der Waals surface area contributed by atoms with Crippen LogP contribution in [-0.2, 0) is 11.3 Å². The molecule has 0 spiro atoms. The van der Waals surface area contributed by atoms with Gasteiger partial charge in [-0.15, -0.1) is 11.3 Å². The number of thiazole rings is 1. The highest BCUT2D eigenvalue weighted by Crippen LogP contribution is 2.22. The number of benzene rings is 1. The minimum Gasteiger partial charge on any atom is -0.453 e. The van der Waals surface area contributed by atoms with Crippen molar-refractivity contribution in [2.45, 2.75) is 13.5 Å². The quantitative estimate of drug-likeness (QED) is 0.687. The van der Waals surface area contributed by atoms with Gasteiger partial charge in [0.2, 0.25) is 0 Å². The van der Waals surface area contributed by atoms with Crippen molar-refractivity contribution in [2.24, 2.45) is 0 Å². The van der Waals surface area contributed by atoms with Gasteiger partial charge in [0.25, 0.3) is 0 Å². The summed E-state index contributed by atoms with van der Waals surface area (Å²) < 4.78 is 11.0. The molecule has 0 saturated heterocycles. The van der Waals surface area contributed by atoms with Crippen LogP contribution in [0.15, 0.2) is 34.9 Å². The zero-order chi connectivity index (χ0) is 13.2. The third kappa shape index (κ3) is 2.48. The van der Waals surface area contributed by atoms with Crippen LogP contribution in [0, 0.1) is 6.92 Å². The fraction of sp³-hybridized carbons (Fsp3) is 0.154. The Morgan fingerprint density at radius 1 is 1.42 bits per heavy atom. The maximum absolute atomic E-state index is 11.7. The molecule has 0 aliphatic rings. The van der Waals surface area contributed by atoms with Crippen molar-refractivity contribution in [2.75, 3.05) is 0 Å². The number of carbonyl (C=O) groups excluding carboxylic acids is 1. The minimum atomic E-state index is -0.504. The van der Waals surface area contributed by atoms with E-state index in [1.165, 1.54) is 11.3 Å². The van der Waals surface area contributed by atoms with E-state index in [2.05, 4.69) is 10.1 Å². The van der Waals surface area contributed by atoms with Gasteiger partial charge in [-0.25, -0.2) is 9.78 Å². The molecule has 0 aliphatic heterocycles. The SMILES string of the molecule is Cc1cc(C(=O)OCc2nc3ccccc3s2)no1. The van der Waals surface area contributed by atoms with Crippen LogP contribution in [0.2, 0.25) is 0 Å². The maximum Gasteiger partial charge on any atom is 0.360 e. The van der Waals surface area contributed by atoms with Crippen LogP contribution in [0.5, 0.6) is 0 Å². The molecule has 96 valence electrons. The number of esters is 1. The number of hydrogen-bond donors (Lipinski definition) is 0. The van der Waals surface area contributed by atoms with Gasteiger partial charge in [0.1, 0.15) is 17.4 Å². The molecule has 0 bridgehead atoms. The highest BCUT2D eigenvalue weighted by Gasteiger charge is 2.13. The summed E-state index contributed by atoms with van der Waals surface area (Å²) in [7, 11) is 0. The van der Waals surface area contributed by atoms with Gasteiger partial charge in [0, 0.05) is 6.07 Å². The molecule has 0 unspecified atom stereocenters. The lowest BCUT2D eigenvalue weighted by Gasteiger charge is -1.98. The van der Waals surface area contributed by atoms with Crippen LogP contribution in [0.3, 0.4) is 0 Å². The Labute approximate surface area is 112 Å². The molecule has 3 rings (SSSR count). The number of ether oxygens (including phenoxy) is 1. The molecule has 0 aliphatic carbocycles. The largest absolute Gasteiger partial charge is 0.453 e. The van der Waals surface area contributed by atoms with Crippen LogP contribution in [0.25, 0.3) is 10.2 Å². The minimum absolute atomic E-state index is 0.143. The van der Waals surface area contributed by atoms with E-state index in [1.807, 2.05) is 24.3 Å². The smallest absolute Gasteiger partial charge is 0.360 e. The van der Waals surface area contributed by atoms with Crippen molar-refractivity contribution in [1.82, 2.24) is 10.1 Å². The lowest BCUT2D eigenvalue weighted by atomic mass is 10.3. The highest BCUT2D eigenvalue weighted by molar-refractivity contribution is 7.18. The summed E-state index contributed by atoms with van der Waals surface area (Å²) in [5.41, 5.74) is 1.09. The summed E-state index contributed by atoms with van der Waals surface area (Å²) in [6.07, 6.45) is 0.